The van der Waals surface area contributed by atoms with Crippen LogP contribution in [0.5, 0.6) is 17.2 Å². The Bertz CT molecular complexity index is 716. The molecule has 1 N–H and O–H groups in total. The molecule has 3 rings (SSSR count). The van der Waals surface area contributed by atoms with Crippen molar-refractivity contribution in [2.75, 3.05) is 7.11 Å². The normalized spacial score (nSPS) is 15.1. The zero-order chi connectivity index (χ0) is 14.1. The van der Waals surface area contributed by atoms with Crippen LogP contribution in [-0.4, -0.2) is 18.0 Å². The summed E-state index contributed by atoms with van der Waals surface area (Å²) >= 11 is 0. The number of carbonyl (C=O) groups excluding carboxylic acids is 1. The van der Waals surface area contributed by atoms with E-state index in [4.69, 9.17) is 9.47 Å². The Hall–Kier alpha value is -2.75. The monoisotopic (exact) mass is 268 g/mol. The lowest BCUT2D eigenvalue weighted by Gasteiger charge is -2.04. The number of ketones is 1. The van der Waals surface area contributed by atoms with Gasteiger partial charge in [0, 0.05) is 0 Å². The molecule has 0 aromatic heterocycles. The Balaban J connectivity index is 1.97. The number of allylic oxidation sites excluding steroid dienone is 1. The lowest BCUT2D eigenvalue weighted by Crippen LogP contribution is -1.98. The molecule has 1 aliphatic heterocycles. The molecule has 0 amide bonds. The van der Waals surface area contributed by atoms with Crippen molar-refractivity contribution >= 4 is 11.9 Å². The van der Waals surface area contributed by atoms with Crippen LogP contribution in [0, 0.1) is 0 Å². The van der Waals surface area contributed by atoms with Gasteiger partial charge in [-0.2, -0.15) is 0 Å². The molecule has 4 nitrogen and oxygen atoms in total. The van der Waals surface area contributed by atoms with Gasteiger partial charge >= 0.3 is 0 Å². The first-order chi connectivity index (χ1) is 9.69. The number of para-hydroxylation sites is 1. The molecule has 20 heavy (non-hydrogen) atoms. The SMILES string of the molecule is COc1cc(/C=C2\Oc3ccccc3C2=O)ccc1O. The zero-order valence-electron chi connectivity index (χ0n) is 10.8. The Kier molecular flexibility index (Phi) is 2.91. The molecular formula is C16H12O4. The molecule has 0 saturated carbocycles. The fourth-order valence-electron chi connectivity index (χ4n) is 2.07. The Morgan fingerprint density at radius 3 is 2.75 bits per heavy atom. The van der Waals surface area contributed by atoms with Crippen LogP contribution < -0.4 is 9.47 Å². The van der Waals surface area contributed by atoms with E-state index >= 15 is 0 Å². The third-order valence-electron chi connectivity index (χ3n) is 3.08. The number of hydrogen-bond acceptors (Lipinski definition) is 4. The summed E-state index contributed by atoms with van der Waals surface area (Å²) < 4.78 is 10.6. The number of hydrogen-bond donors (Lipinski definition) is 1. The van der Waals surface area contributed by atoms with E-state index in [9.17, 15) is 9.90 Å². The predicted octanol–water partition coefficient (Wildman–Crippen LogP) is 3.02. The minimum atomic E-state index is -0.146. The summed E-state index contributed by atoms with van der Waals surface area (Å²) in [5.41, 5.74) is 1.28. The molecule has 100 valence electrons. The van der Waals surface area contributed by atoms with Crippen LogP contribution in [0.15, 0.2) is 48.2 Å². The van der Waals surface area contributed by atoms with Crippen molar-refractivity contribution in [3.05, 3.63) is 59.4 Å². The maximum atomic E-state index is 12.1. The third-order valence-corrected chi connectivity index (χ3v) is 3.08. The van der Waals surface area contributed by atoms with Gasteiger partial charge < -0.3 is 14.6 Å². The van der Waals surface area contributed by atoms with Crippen LogP contribution in [0.25, 0.3) is 6.08 Å². The van der Waals surface area contributed by atoms with Gasteiger partial charge in [-0.15, -0.1) is 0 Å². The van der Waals surface area contributed by atoms with Crippen molar-refractivity contribution in [1.29, 1.82) is 0 Å². The Morgan fingerprint density at radius 2 is 2.00 bits per heavy atom. The maximum Gasteiger partial charge on any atom is 0.231 e. The summed E-state index contributed by atoms with van der Waals surface area (Å²) in [5.74, 6) is 1.08. The van der Waals surface area contributed by atoms with Crippen LogP contribution >= 0.6 is 0 Å². The quantitative estimate of drug-likeness (QED) is 0.851. The number of Topliss-reactive ketones (excluding diaryl/α,β-unsaturated/α-hetero) is 1. The fraction of sp³-hybridized carbons (Fsp3) is 0.0625. The van der Waals surface area contributed by atoms with Gasteiger partial charge in [-0.1, -0.05) is 18.2 Å². The molecular weight excluding hydrogens is 256 g/mol. The molecule has 1 aliphatic rings. The smallest absolute Gasteiger partial charge is 0.231 e. The van der Waals surface area contributed by atoms with Crippen molar-refractivity contribution in [3.8, 4) is 17.2 Å². The summed E-state index contributed by atoms with van der Waals surface area (Å²) in [6.45, 7) is 0. The summed E-state index contributed by atoms with van der Waals surface area (Å²) in [5, 5.41) is 9.55. The van der Waals surface area contributed by atoms with E-state index in [-0.39, 0.29) is 17.3 Å². The van der Waals surface area contributed by atoms with Crippen molar-refractivity contribution in [3.63, 3.8) is 0 Å². The molecule has 0 radical (unpaired) electrons. The third kappa shape index (κ3) is 2.01. The number of benzene rings is 2. The minimum Gasteiger partial charge on any atom is -0.504 e. The van der Waals surface area contributed by atoms with Crippen LogP contribution in [0.2, 0.25) is 0 Å². The molecule has 2 aromatic carbocycles. The largest absolute Gasteiger partial charge is 0.504 e. The van der Waals surface area contributed by atoms with E-state index in [1.54, 1.807) is 36.4 Å². The first kappa shape index (κ1) is 12.3. The summed E-state index contributed by atoms with van der Waals surface area (Å²) in [4.78, 5) is 12.1. The molecule has 0 aliphatic carbocycles. The molecule has 0 atom stereocenters. The highest BCUT2D eigenvalue weighted by Crippen LogP contribution is 2.32. The lowest BCUT2D eigenvalue weighted by molar-refractivity contribution is 0.101. The molecule has 0 saturated heterocycles. The van der Waals surface area contributed by atoms with E-state index in [2.05, 4.69) is 0 Å². The molecule has 0 bridgehead atoms. The summed E-state index contributed by atoms with van der Waals surface area (Å²) in [7, 11) is 1.47. The van der Waals surface area contributed by atoms with Crippen molar-refractivity contribution in [2.45, 2.75) is 0 Å². The number of carbonyl (C=O) groups is 1. The van der Waals surface area contributed by atoms with E-state index in [0.717, 1.165) is 5.56 Å². The van der Waals surface area contributed by atoms with Gasteiger partial charge in [-0.05, 0) is 35.9 Å². The van der Waals surface area contributed by atoms with Crippen LogP contribution in [-0.2, 0) is 0 Å². The second-order valence-electron chi connectivity index (χ2n) is 4.37. The van der Waals surface area contributed by atoms with Gasteiger partial charge in [0.05, 0.1) is 12.7 Å². The summed E-state index contributed by atoms with van der Waals surface area (Å²) in [6.07, 6.45) is 1.63. The van der Waals surface area contributed by atoms with E-state index in [1.807, 2.05) is 6.07 Å². The average Bonchev–Trinajstić information content (AvgIpc) is 2.78. The van der Waals surface area contributed by atoms with Gasteiger partial charge in [-0.3, -0.25) is 4.79 Å². The number of aromatic hydroxyl groups is 1. The number of rotatable bonds is 2. The second-order valence-corrected chi connectivity index (χ2v) is 4.37. The first-order valence-corrected chi connectivity index (χ1v) is 6.09. The van der Waals surface area contributed by atoms with Crippen molar-refractivity contribution in [2.24, 2.45) is 0 Å². The number of methoxy groups -OCH3 is 1. The highest BCUT2D eigenvalue weighted by molar-refractivity contribution is 6.14. The van der Waals surface area contributed by atoms with E-state index in [1.165, 1.54) is 13.2 Å². The van der Waals surface area contributed by atoms with Gasteiger partial charge in [0.15, 0.2) is 17.3 Å². The molecule has 2 aromatic rings. The highest BCUT2D eigenvalue weighted by Gasteiger charge is 2.26. The standard InChI is InChI=1S/C16H12O4/c1-19-14-8-10(6-7-12(14)17)9-15-16(18)11-4-2-3-5-13(11)20-15/h2-9,17H,1H3/b15-9-. The minimum absolute atomic E-state index is 0.0524. The average molecular weight is 268 g/mol. The van der Waals surface area contributed by atoms with Crippen LogP contribution in [0.4, 0.5) is 0 Å². The first-order valence-electron chi connectivity index (χ1n) is 6.09. The van der Waals surface area contributed by atoms with Gasteiger partial charge in [0.2, 0.25) is 5.78 Å². The lowest BCUT2D eigenvalue weighted by atomic mass is 10.1. The molecule has 0 spiro atoms. The van der Waals surface area contributed by atoms with E-state index < -0.39 is 0 Å². The summed E-state index contributed by atoms with van der Waals surface area (Å²) in [6, 6.07) is 11.9. The Labute approximate surface area is 115 Å². The van der Waals surface area contributed by atoms with E-state index in [0.29, 0.717) is 17.1 Å². The van der Waals surface area contributed by atoms with Crippen molar-refractivity contribution < 1.29 is 19.4 Å². The maximum absolute atomic E-state index is 12.1. The molecule has 4 heteroatoms. The molecule has 0 fully saturated rings. The van der Waals surface area contributed by atoms with Gasteiger partial charge in [0.25, 0.3) is 0 Å². The number of phenolic OH excluding ortho intramolecular Hbond substituents is 1. The van der Waals surface area contributed by atoms with Crippen LogP contribution in [0.1, 0.15) is 15.9 Å². The second kappa shape index (κ2) is 4.74. The highest BCUT2D eigenvalue weighted by atomic mass is 16.5. The topological polar surface area (TPSA) is 55.8 Å². The predicted molar refractivity (Wildman–Crippen MR) is 74.0 cm³/mol. The van der Waals surface area contributed by atoms with Crippen LogP contribution in [0.3, 0.4) is 0 Å². The van der Waals surface area contributed by atoms with Gasteiger partial charge in [0.1, 0.15) is 5.75 Å². The molecule has 0 unspecified atom stereocenters. The molecule has 1 heterocycles. The van der Waals surface area contributed by atoms with Gasteiger partial charge in [-0.25, -0.2) is 0 Å². The number of ether oxygens (including phenoxy) is 2. The zero-order valence-corrected chi connectivity index (χ0v) is 10.8. The number of fused-ring (bicyclic) bond motifs is 1. The van der Waals surface area contributed by atoms with Crippen molar-refractivity contribution in [1.82, 2.24) is 0 Å². The number of phenols is 1. The Morgan fingerprint density at radius 1 is 1.20 bits per heavy atom. The fourth-order valence-corrected chi connectivity index (χ4v) is 2.07.